The fraction of sp³-hybridized carbons (Fsp3) is 0.467. The maximum absolute atomic E-state index is 11.8. The molecule has 0 unspecified atom stereocenters. The van der Waals surface area contributed by atoms with E-state index in [1.165, 1.54) is 7.11 Å². The number of aliphatic carboxylic acids is 1. The van der Waals surface area contributed by atoms with Crippen LogP contribution in [0.3, 0.4) is 0 Å². The topological polar surface area (TPSA) is 200 Å². The number of carbonyl (C=O) groups is 2. The third-order valence-corrected chi connectivity index (χ3v) is 8.01. The van der Waals surface area contributed by atoms with E-state index < -0.39 is 67.7 Å². The summed E-state index contributed by atoms with van der Waals surface area (Å²) < 4.78 is 40.4. The second-order valence-corrected chi connectivity index (χ2v) is 10.7. The number of fused-ring (bicyclic) bond motifs is 8. The average Bonchev–Trinajstić information content (AvgIpc) is 3.38. The Morgan fingerprint density at radius 2 is 1.95 bits per heavy atom. The van der Waals surface area contributed by atoms with E-state index in [2.05, 4.69) is 11.8 Å². The molecule has 1 saturated heterocycles. The van der Waals surface area contributed by atoms with Crippen LogP contribution in [0.4, 0.5) is 0 Å². The lowest BCUT2D eigenvalue weighted by molar-refractivity contribution is -0.312. The number of carboxylic acid groups (broad SMARTS) is 1. The molecule has 0 saturated carbocycles. The molecule has 7 rings (SSSR count). The normalized spacial score (nSPS) is 29.1. The number of benzene rings is 2. The molecule has 2 aromatic rings. The van der Waals surface area contributed by atoms with Gasteiger partial charge in [-0.05, 0) is 12.1 Å². The number of hydrogen-bond donors (Lipinski definition) is 5. The van der Waals surface area contributed by atoms with Crippen LogP contribution in [-0.4, -0.2) is 101 Å². The highest BCUT2D eigenvalue weighted by molar-refractivity contribution is 5.90. The summed E-state index contributed by atoms with van der Waals surface area (Å²) in [7, 11) is 1.51. The fourth-order valence-corrected chi connectivity index (χ4v) is 5.79. The zero-order valence-corrected chi connectivity index (χ0v) is 23.4. The van der Waals surface area contributed by atoms with Gasteiger partial charge in [0, 0.05) is 23.6 Å². The van der Waals surface area contributed by atoms with Crippen LogP contribution in [0, 0.1) is 11.8 Å². The van der Waals surface area contributed by atoms with E-state index in [0.717, 1.165) is 5.56 Å². The molecule has 0 amide bonds. The molecule has 234 valence electrons. The van der Waals surface area contributed by atoms with Crippen LogP contribution in [0.2, 0.25) is 0 Å². The summed E-state index contributed by atoms with van der Waals surface area (Å²) in [4.78, 5) is 22.6. The summed E-state index contributed by atoms with van der Waals surface area (Å²) >= 11 is 0. The number of esters is 1. The average molecular weight is 615 g/mol. The number of methoxy groups -OCH3 is 1. The first kappa shape index (κ1) is 29.8. The van der Waals surface area contributed by atoms with Gasteiger partial charge >= 0.3 is 11.9 Å². The van der Waals surface area contributed by atoms with Crippen LogP contribution in [0.15, 0.2) is 24.3 Å². The van der Waals surface area contributed by atoms with Crippen molar-refractivity contribution in [3.8, 4) is 40.6 Å². The van der Waals surface area contributed by atoms with Crippen LogP contribution in [0.1, 0.15) is 41.6 Å². The van der Waals surface area contributed by atoms with Crippen LogP contribution in [-0.2, 0) is 19.1 Å². The highest BCUT2D eigenvalue weighted by Crippen LogP contribution is 2.57. The smallest absolute Gasteiger partial charge is 0.317 e. The molecular formula is C30H30O14. The van der Waals surface area contributed by atoms with Gasteiger partial charge in [-0.3, -0.25) is 9.59 Å². The van der Waals surface area contributed by atoms with Crippen molar-refractivity contribution in [3.05, 3.63) is 41.0 Å². The lowest BCUT2D eigenvalue weighted by Gasteiger charge is -2.47. The maximum atomic E-state index is 11.8. The van der Waals surface area contributed by atoms with Gasteiger partial charge in [0.2, 0.25) is 12.0 Å². The van der Waals surface area contributed by atoms with Crippen molar-refractivity contribution in [1.29, 1.82) is 0 Å². The Balaban J connectivity index is 1.31. The van der Waals surface area contributed by atoms with Crippen LogP contribution in [0.25, 0.3) is 0 Å². The Kier molecular flexibility index (Phi) is 7.91. The summed E-state index contributed by atoms with van der Waals surface area (Å²) in [6, 6.07) is 6.93. The van der Waals surface area contributed by atoms with E-state index in [4.69, 9.17) is 38.3 Å². The van der Waals surface area contributed by atoms with Gasteiger partial charge in [-0.2, -0.15) is 0 Å². The van der Waals surface area contributed by atoms with E-state index in [-0.39, 0.29) is 31.5 Å². The van der Waals surface area contributed by atoms with Gasteiger partial charge in [0.1, 0.15) is 61.2 Å². The van der Waals surface area contributed by atoms with Crippen LogP contribution < -0.4 is 23.7 Å². The van der Waals surface area contributed by atoms with Gasteiger partial charge < -0.3 is 58.7 Å². The molecule has 0 spiro atoms. The largest absolute Gasteiger partial charge is 0.493 e. The Morgan fingerprint density at radius 3 is 2.70 bits per heavy atom. The number of ether oxygens (including phenoxy) is 7. The number of carbonyl (C=O) groups excluding carboxylic acids is 1. The van der Waals surface area contributed by atoms with Crippen molar-refractivity contribution in [3.63, 3.8) is 0 Å². The Morgan fingerprint density at radius 1 is 1.14 bits per heavy atom. The second-order valence-electron chi connectivity index (χ2n) is 10.7. The Bertz CT molecular complexity index is 1530. The summed E-state index contributed by atoms with van der Waals surface area (Å²) in [6.45, 7) is -0.526. The Hall–Kier alpha value is -4.26. The molecule has 5 aliphatic heterocycles. The number of carboxylic acids is 1. The Labute approximate surface area is 250 Å². The molecule has 1 fully saturated rings. The second kappa shape index (κ2) is 11.7. The summed E-state index contributed by atoms with van der Waals surface area (Å²) in [5, 5.41) is 51.1. The molecule has 2 aromatic carbocycles. The number of rotatable bonds is 8. The van der Waals surface area contributed by atoms with E-state index >= 15 is 0 Å². The van der Waals surface area contributed by atoms with Gasteiger partial charge in [-0.25, -0.2) is 0 Å². The van der Waals surface area contributed by atoms with Crippen LogP contribution >= 0.6 is 0 Å². The van der Waals surface area contributed by atoms with Crippen molar-refractivity contribution in [1.82, 2.24) is 0 Å². The molecule has 0 aromatic heterocycles. The lowest BCUT2D eigenvalue weighted by atomic mass is 9.81. The molecule has 14 nitrogen and oxygen atoms in total. The third-order valence-electron chi connectivity index (χ3n) is 8.01. The summed E-state index contributed by atoms with van der Waals surface area (Å²) in [5.41, 5.74) is -0.313. The molecule has 14 heteroatoms. The van der Waals surface area contributed by atoms with E-state index in [9.17, 15) is 30.0 Å². The predicted octanol–water partition coefficient (Wildman–Crippen LogP) is 0.00570. The molecule has 44 heavy (non-hydrogen) atoms. The van der Waals surface area contributed by atoms with Gasteiger partial charge in [0.15, 0.2) is 11.5 Å². The summed E-state index contributed by atoms with van der Waals surface area (Å²) in [6.07, 6.45) is -8.25. The number of aliphatic hydroxyl groups is 4. The van der Waals surface area contributed by atoms with E-state index in [1.807, 2.05) is 6.07 Å². The van der Waals surface area contributed by atoms with E-state index in [1.54, 1.807) is 18.2 Å². The summed E-state index contributed by atoms with van der Waals surface area (Å²) in [5.74, 6) is 4.94. The lowest BCUT2D eigenvalue weighted by Crippen LogP contribution is -2.68. The molecular weight excluding hydrogens is 584 g/mol. The first-order valence-electron chi connectivity index (χ1n) is 13.8. The minimum absolute atomic E-state index is 0.0424. The van der Waals surface area contributed by atoms with Gasteiger partial charge in [-0.1, -0.05) is 17.9 Å². The molecule has 5 heterocycles. The standard InChI is InChI=1S/C30H30O14/c1-38-18-5-4-15-17-12-40-20-10-19-14(9-16(20)25(17)44-26(15)27(18)39-8-7-31)3-2-6-30(37)21(13-41-23(34)11-22(32)33)43-29(42-19)24(35)28(30)36/h4-5,9-10,17,21,24-25,28-29,31,35-37H,6-8,11-13H2,1H3,(H,32,33)/t17-,21+,24+,25+,28+,29-,30+/m0/s1. The molecule has 2 bridgehead atoms. The SMILES string of the molecule is COc1ccc2c(c1OCCO)O[C@@H]1c3cc4c(cc3OC[C@@H]21)O[C@H]1O[C@H](COC(=O)CC(=O)O)[C@](O)(CC#C4)[C@H](O)[C@H]1O. The van der Waals surface area contributed by atoms with Crippen molar-refractivity contribution in [2.75, 3.05) is 33.5 Å². The minimum Gasteiger partial charge on any atom is -0.493 e. The highest BCUT2D eigenvalue weighted by atomic mass is 16.7. The molecule has 5 aliphatic rings. The third kappa shape index (κ3) is 5.12. The maximum Gasteiger partial charge on any atom is 0.317 e. The molecule has 0 aliphatic carbocycles. The van der Waals surface area contributed by atoms with Crippen molar-refractivity contribution in [2.24, 2.45) is 0 Å². The van der Waals surface area contributed by atoms with Gasteiger partial charge in [0.25, 0.3) is 0 Å². The van der Waals surface area contributed by atoms with Gasteiger partial charge in [0.05, 0.1) is 31.8 Å². The minimum atomic E-state index is -2.18. The van der Waals surface area contributed by atoms with Crippen molar-refractivity contribution in [2.45, 2.75) is 55.1 Å². The molecule has 5 N–H and O–H groups in total. The zero-order chi connectivity index (χ0) is 31.2. The first-order valence-corrected chi connectivity index (χ1v) is 13.8. The van der Waals surface area contributed by atoms with E-state index in [0.29, 0.717) is 34.1 Å². The molecule has 7 atom stereocenters. The van der Waals surface area contributed by atoms with Crippen LogP contribution in [0.5, 0.6) is 28.7 Å². The predicted molar refractivity (Wildman–Crippen MR) is 145 cm³/mol. The first-order chi connectivity index (χ1) is 21.1. The number of aliphatic hydroxyl groups excluding tert-OH is 3. The zero-order valence-electron chi connectivity index (χ0n) is 23.4. The molecule has 0 radical (unpaired) electrons. The quantitative estimate of drug-likeness (QED) is 0.151. The monoisotopic (exact) mass is 614 g/mol. The fourth-order valence-electron chi connectivity index (χ4n) is 5.79. The number of hydrogen-bond acceptors (Lipinski definition) is 13. The van der Waals surface area contributed by atoms with Crippen molar-refractivity contribution >= 4 is 11.9 Å². The highest BCUT2D eigenvalue weighted by Gasteiger charge is 2.56. The van der Waals surface area contributed by atoms with Gasteiger partial charge in [-0.15, -0.1) is 0 Å². The van der Waals surface area contributed by atoms with Crippen molar-refractivity contribution < 1.29 is 68.3 Å².